The Balaban J connectivity index is 1.46. The Labute approximate surface area is 201 Å². The molecule has 0 spiro atoms. The predicted octanol–water partition coefficient (Wildman–Crippen LogP) is 4.67. The van der Waals surface area contributed by atoms with Crippen LogP contribution in [0.5, 0.6) is 11.5 Å². The first kappa shape index (κ1) is 23.8. The maximum absolute atomic E-state index is 13.1. The van der Waals surface area contributed by atoms with Crippen molar-refractivity contribution in [2.45, 2.75) is 45.4 Å². The van der Waals surface area contributed by atoms with E-state index in [1.54, 1.807) is 19.5 Å². The van der Waals surface area contributed by atoms with Gasteiger partial charge in [0.15, 0.2) is 0 Å². The highest BCUT2D eigenvalue weighted by Crippen LogP contribution is 2.30. The molecule has 0 aliphatic carbocycles. The van der Waals surface area contributed by atoms with Crippen LogP contribution in [0.2, 0.25) is 0 Å². The van der Waals surface area contributed by atoms with Gasteiger partial charge >= 0.3 is 0 Å². The molecule has 6 nitrogen and oxygen atoms in total. The van der Waals surface area contributed by atoms with Gasteiger partial charge in [0.25, 0.3) is 0 Å². The van der Waals surface area contributed by atoms with Crippen LogP contribution in [0.15, 0.2) is 67.0 Å². The molecule has 4 rings (SSSR count). The van der Waals surface area contributed by atoms with Crippen LogP contribution in [0.25, 0.3) is 0 Å². The van der Waals surface area contributed by atoms with Crippen molar-refractivity contribution in [3.8, 4) is 11.5 Å². The number of hydrogen-bond donors (Lipinski definition) is 1. The molecule has 0 fully saturated rings. The molecule has 1 N–H and O–H groups in total. The molecule has 1 aliphatic heterocycles. The normalized spacial score (nSPS) is 16.6. The van der Waals surface area contributed by atoms with E-state index in [1.165, 1.54) is 0 Å². The summed E-state index contributed by atoms with van der Waals surface area (Å²) in [5.74, 6) is 1.74. The second kappa shape index (κ2) is 11.2. The number of amides is 1. The number of ether oxygens (including phenoxy) is 2. The zero-order valence-electron chi connectivity index (χ0n) is 20.2. The number of pyridine rings is 1. The zero-order chi connectivity index (χ0) is 23.9. The van der Waals surface area contributed by atoms with Crippen molar-refractivity contribution in [2.24, 2.45) is 0 Å². The largest absolute Gasteiger partial charge is 0.497 e. The van der Waals surface area contributed by atoms with Crippen LogP contribution >= 0.6 is 0 Å². The Bertz CT molecular complexity index is 1100. The summed E-state index contributed by atoms with van der Waals surface area (Å²) >= 11 is 0. The van der Waals surface area contributed by atoms with Crippen LogP contribution in [0.4, 0.5) is 0 Å². The zero-order valence-corrected chi connectivity index (χ0v) is 20.2. The van der Waals surface area contributed by atoms with E-state index in [4.69, 9.17) is 9.47 Å². The van der Waals surface area contributed by atoms with Gasteiger partial charge in [-0.05, 0) is 60.4 Å². The minimum atomic E-state index is -0.211. The van der Waals surface area contributed by atoms with Gasteiger partial charge in [-0.1, -0.05) is 31.2 Å². The van der Waals surface area contributed by atoms with Crippen LogP contribution in [-0.4, -0.2) is 42.1 Å². The van der Waals surface area contributed by atoms with Crippen LogP contribution in [0.3, 0.4) is 0 Å². The number of benzene rings is 2. The van der Waals surface area contributed by atoms with E-state index in [0.717, 1.165) is 53.3 Å². The fourth-order valence-electron chi connectivity index (χ4n) is 4.41. The molecule has 6 heteroatoms. The minimum Gasteiger partial charge on any atom is -0.497 e. The molecule has 1 aromatic heterocycles. The fraction of sp³-hybridized carbons (Fsp3) is 0.357. The molecule has 3 aromatic rings. The van der Waals surface area contributed by atoms with Gasteiger partial charge in [-0.3, -0.25) is 14.7 Å². The topological polar surface area (TPSA) is 63.7 Å². The lowest BCUT2D eigenvalue weighted by Crippen LogP contribution is -2.36. The second-order valence-electron chi connectivity index (χ2n) is 8.74. The van der Waals surface area contributed by atoms with E-state index in [1.807, 2.05) is 42.5 Å². The van der Waals surface area contributed by atoms with E-state index in [9.17, 15) is 4.79 Å². The number of nitrogens with one attached hydrogen (secondary N) is 1. The molecule has 178 valence electrons. The number of aryl methyl sites for hydroxylation is 1. The highest BCUT2D eigenvalue weighted by atomic mass is 16.5. The Morgan fingerprint density at radius 2 is 2.00 bits per heavy atom. The smallest absolute Gasteiger partial charge is 0.222 e. The van der Waals surface area contributed by atoms with Crippen LogP contribution in [0.1, 0.15) is 48.1 Å². The molecule has 1 aliphatic rings. The van der Waals surface area contributed by atoms with E-state index in [0.29, 0.717) is 13.0 Å². The van der Waals surface area contributed by atoms with Gasteiger partial charge in [-0.2, -0.15) is 0 Å². The van der Waals surface area contributed by atoms with Crippen LogP contribution in [0, 0.1) is 6.92 Å². The first-order chi connectivity index (χ1) is 16.6. The molecule has 34 heavy (non-hydrogen) atoms. The summed E-state index contributed by atoms with van der Waals surface area (Å²) in [6.07, 6.45) is 4.94. The van der Waals surface area contributed by atoms with Gasteiger partial charge in [0.05, 0.1) is 13.2 Å². The van der Waals surface area contributed by atoms with E-state index in [-0.39, 0.29) is 18.1 Å². The SMILES string of the molecule is CC[C@@H]1CN(CCC(=O)N[C@H](c2ccncc2)c2ccccc2C)Cc2cc(OC)ccc2O1. The van der Waals surface area contributed by atoms with Crippen molar-refractivity contribution < 1.29 is 14.3 Å². The van der Waals surface area contributed by atoms with Gasteiger partial charge in [-0.15, -0.1) is 0 Å². The quantitative estimate of drug-likeness (QED) is 0.531. The molecule has 1 amide bonds. The number of carbonyl (C=O) groups is 1. The van der Waals surface area contributed by atoms with Crippen molar-refractivity contribution >= 4 is 5.91 Å². The predicted molar refractivity (Wildman–Crippen MR) is 133 cm³/mol. The first-order valence-corrected chi connectivity index (χ1v) is 11.9. The molecule has 2 aromatic carbocycles. The summed E-state index contributed by atoms with van der Waals surface area (Å²) in [4.78, 5) is 19.6. The summed E-state index contributed by atoms with van der Waals surface area (Å²) in [5.41, 5.74) is 4.35. The Hall–Kier alpha value is -3.38. The molecule has 0 radical (unpaired) electrons. The lowest BCUT2D eigenvalue weighted by Gasteiger charge is -2.24. The van der Waals surface area contributed by atoms with E-state index >= 15 is 0 Å². The van der Waals surface area contributed by atoms with Gasteiger partial charge in [0, 0.05) is 44.0 Å². The third-order valence-corrected chi connectivity index (χ3v) is 6.37. The van der Waals surface area contributed by atoms with E-state index < -0.39 is 0 Å². The van der Waals surface area contributed by atoms with Gasteiger partial charge in [-0.25, -0.2) is 0 Å². The van der Waals surface area contributed by atoms with Crippen molar-refractivity contribution in [1.82, 2.24) is 15.2 Å². The molecular weight excluding hydrogens is 426 g/mol. The van der Waals surface area contributed by atoms with Gasteiger partial charge in [0.2, 0.25) is 5.91 Å². The van der Waals surface area contributed by atoms with Crippen molar-refractivity contribution in [3.63, 3.8) is 0 Å². The van der Waals surface area contributed by atoms with Crippen molar-refractivity contribution in [1.29, 1.82) is 0 Å². The summed E-state index contributed by atoms with van der Waals surface area (Å²) < 4.78 is 11.6. The first-order valence-electron chi connectivity index (χ1n) is 11.9. The summed E-state index contributed by atoms with van der Waals surface area (Å²) in [6.45, 7) is 6.36. The molecule has 2 heterocycles. The molecule has 0 saturated carbocycles. The highest BCUT2D eigenvalue weighted by Gasteiger charge is 2.24. The Kier molecular flexibility index (Phi) is 7.80. The van der Waals surface area contributed by atoms with E-state index in [2.05, 4.69) is 41.2 Å². The molecule has 0 unspecified atom stereocenters. The second-order valence-corrected chi connectivity index (χ2v) is 8.74. The number of nitrogens with zero attached hydrogens (tertiary/aromatic N) is 2. The Morgan fingerprint density at radius 1 is 1.21 bits per heavy atom. The summed E-state index contributed by atoms with van der Waals surface area (Å²) in [7, 11) is 1.67. The number of aromatic nitrogens is 1. The fourth-order valence-corrected chi connectivity index (χ4v) is 4.41. The number of carbonyl (C=O) groups excluding carboxylic acids is 1. The molecule has 0 saturated heterocycles. The van der Waals surface area contributed by atoms with Crippen molar-refractivity contribution in [2.75, 3.05) is 20.2 Å². The third kappa shape index (κ3) is 5.75. The molecule has 0 bridgehead atoms. The third-order valence-electron chi connectivity index (χ3n) is 6.37. The maximum atomic E-state index is 13.1. The van der Waals surface area contributed by atoms with Crippen molar-refractivity contribution in [3.05, 3.63) is 89.2 Å². The lowest BCUT2D eigenvalue weighted by molar-refractivity contribution is -0.122. The van der Waals surface area contributed by atoms with Gasteiger partial charge in [0.1, 0.15) is 17.6 Å². The van der Waals surface area contributed by atoms with Gasteiger partial charge < -0.3 is 14.8 Å². The van der Waals surface area contributed by atoms with Crippen LogP contribution < -0.4 is 14.8 Å². The standard InChI is InChI=1S/C28H33N3O3/c1-4-23-19-31(18-22-17-24(33-3)9-10-26(22)34-23)16-13-27(32)30-28(21-11-14-29-15-12-21)25-8-6-5-7-20(25)2/h5-12,14-15,17,23,28H,4,13,16,18-19H2,1-3H3,(H,30,32)/t23-,28-/m1/s1. The average molecular weight is 460 g/mol. The number of fused-ring (bicyclic) bond motifs is 1. The number of methoxy groups -OCH3 is 1. The number of hydrogen-bond acceptors (Lipinski definition) is 5. The summed E-state index contributed by atoms with van der Waals surface area (Å²) in [5, 5.41) is 3.26. The average Bonchev–Trinajstić information content (AvgIpc) is 3.05. The molecule has 2 atom stereocenters. The molecular formula is C28H33N3O3. The minimum absolute atomic E-state index is 0.0224. The maximum Gasteiger partial charge on any atom is 0.222 e. The summed E-state index contributed by atoms with van der Waals surface area (Å²) in [6, 6.07) is 17.8. The van der Waals surface area contributed by atoms with Crippen LogP contribution in [-0.2, 0) is 11.3 Å². The Morgan fingerprint density at radius 3 is 2.74 bits per heavy atom. The monoisotopic (exact) mass is 459 g/mol. The number of rotatable bonds is 8. The lowest BCUT2D eigenvalue weighted by atomic mass is 9.95. The highest BCUT2D eigenvalue weighted by molar-refractivity contribution is 5.77.